The average molecular weight is 229 g/mol. The predicted octanol–water partition coefficient (Wildman–Crippen LogP) is 1.49. The Balaban J connectivity index is 2.82. The van der Waals surface area contributed by atoms with Gasteiger partial charge in [-0.05, 0) is 33.7 Å². The van der Waals surface area contributed by atoms with Gasteiger partial charge in [0.05, 0.1) is 12.2 Å². The third kappa shape index (κ3) is 2.95. The van der Waals surface area contributed by atoms with Crippen molar-refractivity contribution < 1.29 is 14.3 Å². The number of rotatable bonds is 4. The normalized spacial score (nSPS) is 28.8. The predicted molar refractivity (Wildman–Crippen MR) is 62.3 cm³/mol. The summed E-state index contributed by atoms with van der Waals surface area (Å²) in [6.45, 7) is 9.64. The van der Waals surface area contributed by atoms with E-state index >= 15 is 0 Å². The van der Waals surface area contributed by atoms with E-state index in [0.29, 0.717) is 26.1 Å². The maximum Gasteiger partial charge on any atom is 0.326 e. The van der Waals surface area contributed by atoms with Crippen molar-refractivity contribution in [2.75, 3.05) is 19.8 Å². The largest absolute Gasteiger partial charge is 0.465 e. The van der Waals surface area contributed by atoms with Crippen molar-refractivity contribution in [3.05, 3.63) is 0 Å². The molecule has 0 aromatic rings. The van der Waals surface area contributed by atoms with Crippen LogP contribution in [-0.4, -0.2) is 36.9 Å². The Labute approximate surface area is 97.7 Å². The maximum absolute atomic E-state index is 12.1. The van der Waals surface area contributed by atoms with E-state index in [1.807, 2.05) is 27.7 Å². The van der Waals surface area contributed by atoms with Crippen molar-refractivity contribution in [1.82, 2.24) is 5.32 Å². The van der Waals surface area contributed by atoms with Gasteiger partial charge in [-0.3, -0.25) is 4.79 Å². The molecule has 0 aromatic carbocycles. The van der Waals surface area contributed by atoms with Crippen LogP contribution in [0.1, 0.15) is 40.5 Å². The summed E-state index contributed by atoms with van der Waals surface area (Å²) in [6.07, 6.45) is 1.34. The zero-order valence-electron chi connectivity index (χ0n) is 10.8. The Hall–Kier alpha value is -0.610. The number of hydrogen-bond donors (Lipinski definition) is 1. The van der Waals surface area contributed by atoms with Gasteiger partial charge in [0.25, 0.3) is 0 Å². The molecule has 0 aliphatic carbocycles. The van der Waals surface area contributed by atoms with E-state index in [0.717, 1.165) is 6.54 Å². The van der Waals surface area contributed by atoms with E-state index in [4.69, 9.17) is 9.47 Å². The van der Waals surface area contributed by atoms with Crippen LogP contribution in [0, 0.1) is 0 Å². The second-order valence-electron chi connectivity index (χ2n) is 4.87. The summed E-state index contributed by atoms with van der Waals surface area (Å²) in [4.78, 5) is 12.1. The lowest BCUT2D eigenvalue weighted by atomic mass is 9.81. The second kappa shape index (κ2) is 5.15. The van der Waals surface area contributed by atoms with Crippen LogP contribution in [-0.2, 0) is 14.3 Å². The standard InChI is InChI=1S/C12H23NO3/c1-5-13-12(10(14)15-6-2)7-8-16-11(3,4)9-12/h13H,5-9H2,1-4H3. The van der Waals surface area contributed by atoms with E-state index in [-0.39, 0.29) is 11.6 Å². The van der Waals surface area contributed by atoms with Gasteiger partial charge in [-0.25, -0.2) is 0 Å². The highest BCUT2D eigenvalue weighted by Gasteiger charge is 2.46. The van der Waals surface area contributed by atoms with Crippen LogP contribution in [0.5, 0.6) is 0 Å². The Morgan fingerprint density at radius 1 is 1.44 bits per heavy atom. The number of likely N-dealkylation sites (N-methyl/N-ethyl adjacent to an activating group) is 1. The monoisotopic (exact) mass is 229 g/mol. The Morgan fingerprint density at radius 3 is 2.62 bits per heavy atom. The van der Waals surface area contributed by atoms with Gasteiger partial charge in [0.2, 0.25) is 0 Å². The summed E-state index contributed by atoms with van der Waals surface area (Å²) in [5, 5.41) is 3.28. The highest BCUT2D eigenvalue weighted by Crippen LogP contribution is 2.32. The van der Waals surface area contributed by atoms with Gasteiger partial charge in [-0.1, -0.05) is 6.92 Å². The van der Waals surface area contributed by atoms with Crippen LogP contribution in [0.3, 0.4) is 0 Å². The van der Waals surface area contributed by atoms with Crippen LogP contribution >= 0.6 is 0 Å². The first-order valence-corrected chi connectivity index (χ1v) is 6.02. The van der Waals surface area contributed by atoms with Gasteiger partial charge in [0.1, 0.15) is 5.54 Å². The van der Waals surface area contributed by atoms with Crippen molar-refractivity contribution in [1.29, 1.82) is 0 Å². The fourth-order valence-corrected chi connectivity index (χ4v) is 2.37. The molecule has 0 bridgehead atoms. The number of carbonyl (C=O) groups excluding carboxylic acids is 1. The van der Waals surface area contributed by atoms with Crippen molar-refractivity contribution in [2.45, 2.75) is 51.7 Å². The molecule has 1 unspecified atom stereocenters. The lowest BCUT2D eigenvalue weighted by molar-refractivity contribution is -0.164. The molecule has 4 nitrogen and oxygen atoms in total. The van der Waals surface area contributed by atoms with Gasteiger partial charge in [0.15, 0.2) is 0 Å². The number of hydrogen-bond acceptors (Lipinski definition) is 4. The molecule has 1 N–H and O–H groups in total. The molecule has 0 spiro atoms. The van der Waals surface area contributed by atoms with Crippen LogP contribution in [0.2, 0.25) is 0 Å². The van der Waals surface area contributed by atoms with E-state index in [9.17, 15) is 4.79 Å². The molecule has 0 aromatic heterocycles. The van der Waals surface area contributed by atoms with Crippen molar-refractivity contribution in [3.63, 3.8) is 0 Å². The molecule has 4 heteroatoms. The fourth-order valence-electron chi connectivity index (χ4n) is 2.37. The molecule has 1 atom stereocenters. The first kappa shape index (κ1) is 13.5. The number of nitrogens with one attached hydrogen (secondary N) is 1. The summed E-state index contributed by atoms with van der Waals surface area (Å²) in [5.41, 5.74) is -0.834. The first-order chi connectivity index (χ1) is 7.46. The van der Waals surface area contributed by atoms with Crippen LogP contribution < -0.4 is 5.32 Å². The summed E-state index contributed by atoms with van der Waals surface area (Å²) >= 11 is 0. The number of ether oxygens (including phenoxy) is 2. The van der Waals surface area contributed by atoms with Gasteiger partial charge in [0, 0.05) is 13.0 Å². The van der Waals surface area contributed by atoms with Crippen molar-refractivity contribution in [3.8, 4) is 0 Å². The van der Waals surface area contributed by atoms with Crippen molar-refractivity contribution >= 4 is 5.97 Å². The fraction of sp³-hybridized carbons (Fsp3) is 0.917. The molecule has 1 rings (SSSR count). The molecule has 0 radical (unpaired) electrons. The molecule has 1 heterocycles. The highest BCUT2D eigenvalue weighted by atomic mass is 16.5. The van der Waals surface area contributed by atoms with Gasteiger partial charge in [-0.15, -0.1) is 0 Å². The van der Waals surface area contributed by atoms with E-state index in [1.165, 1.54) is 0 Å². The van der Waals surface area contributed by atoms with Gasteiger partial charge < -0.3 is 14.8 Å². The first-order valence-electron chi connectivity index (χ1n) is 6.02. The minimum Gasteiger partial charge on any atom is -0.465 e. The smallest absolute Gasteiger partial charge is 0.326 e. The van der Waals surface area contributed by atoms with Gasteiger partial charge in [-0.2, -0.15) is 0 Å². The highest BCUT2D eigenvalue weighted by molar-refractivity contribution is 5.81. The Bertz CT molecular complexity index is 249. The summed E-state index contributed by atoms with van der Waals surface area (Å²) in [5.74, 6) is -0.145. The molecule has 0 amide bonds. The zero-order valence-corrected chi connectivity index (χ0v) is 10.8. The summed E-state index contributed by atoms with van der Waals surface area (Å²) in [6, 6.07) is 0. The molecule has 1 saturated heterocycles. The average Bonchev–Trinajstić information content (AvgIpc) is 2.17. The quantitative estimate of drug-likeness (QED) is 0.742. The summed E-state index contributed by atoms with van der Waals surface area (Å²) in [7, 11) is 0. The molecular weight excluding hydrogens is 206 g/mol. The van der Waals surface area contributed by atoms with Crippen LogP contribution in [0.15, 0.2) is 0 Å². The Kier molecular flexibility index (Phi) is 4.33. The lowest BCUT2D eigenvalue weighted by Gasteiger charge is -2.43. The number of carbonyl (C=O) groups is 1. The van der Waals surface area contributed by atoms with E-state index in [2.05, 4.69) is 5.32 Å². The van der Waals surface area contributed by atoms with E-state index in [1.54, 1.807) is 0 Å². The van der Waals surface area contributed by atoms with Crippen molar-refractivity contribution in [2.24, 2.45) is 0 Å². The Morgan fingerprint density at radius 2 is 2.12 bits per heavy atom. The third-order valence-corrected chi connectivity index (χ3v) is 2.93. The minimum atomic E-state index is -0.563. The van der Waals surface area contributed by atoms with Gasteiger partial charge >= 0.3 is 5.97 Å². The lowest BCUT2D eigenvalue weighted by Crippen LogP contribution is -2.60. The second-order valence-corrected chi connectivity index (χ2v) is 4.87. The van der Waals surface area contributed by atoms with Crippen LogP contribution in [0.4, 0.5) is 0 Å². The van der Waals surface area contributed by atoms with Crippen LogP contribution in [0.25, 0.3) is 0 Å². The number of esters is 1. The molecule has 0 saturated carbocycles. The third-order valence-electron chi connectivity index (χ3n) is 2.93. The molecular formula is C12H23NO3. The summed E-state index contributed by atoms with van der Waals surface area (Å²) < 4.78 is 10.8. The zero-order chi connectivity index (χ0) is 12.2. The molecule has 1 fully saturated rings. The maximum atomic E-state index is 12.1. The molecule has 1 aliphatic rings. The molecule has 94 valence electrons. The topological polar surface area (TPSA) is 47.6 Å². The SMILES string of the molecule is CCNC1(C(=O)OCC)CCOC(C)(C)C1. The molecule has 1 aliphatic heterocycles. The van der Waals surface area contributed by atoms with E-state index < -0.39 is 5.54 Å². The minimum absolute atomic E-state index is 0.145. The molecule has 16 heavy (non-hydrogen) atoms.